The van der Waals surface area contributed by atoms with E-state index >= 15 is 0 Å². The molecule has 0 fully saturated rings. The zero-order chi connectivity index (χ0) is 16.3. The number of carbonyl (C=O) groups is 2. The molecule has 0 aliphatic carbocycles. The van der Waals surface area contributed by atoms with E-state index in [0.717, 1.165) is 7.11 Å². The summed E-state index contributed by atoms with van der Waals surface area (Å²) in [6, 6.07) is 0.613. The Hall–Kier alpha value is -2.84. The Morgan fingerprint density at radius 1 is 1.36 bits per heavy atom. The molecule has 2 rings (SSSR count). The standard InChI is InChI=1S/C13H13NO8/c1-3-20-13(16)11(14(17)18)7-4-9-10(22-6-21-9)5-8(7)12(15)19-2/h4-5,11H,3,6H2,1-2H3. The van der Waals surface area contributed by atoms with Crippen LogP contribution in [0.2, 0.25) is 0 Å². The van der Waals surface area contributed by atoms with Crippen LogP contribution in [0.3, 0.4) is 0 Å². The van der Waals surface area contributed by atoms with Crippen LogP contribution in [0.1, 0.15) is 28.9 Å². The molecule has 0 N–H and O–H groups in total. The van der Waals surface area contributed by atoms with Crippen LogP contribution in [0.5, 0.6) is 11.5 Å². The third-order valence-corrected chi connectivity index (χ3v) is 2.97. The third-order valence-electron chi connectivity index (χ3n) is 2.97. The number of hydrogen-bond acceptors (Lipinski definition) is 8. The maximum Gasteiger partial charge on any atom is 0.386 e. The van der Waals surface area contributed by atoms with E-state index in [1.165, 1.54) is 19.1 Å². The smallest absolute Gasteiger partial charge is 0.386 e. The van der Waals surface area contributed by atoms with Gasteiger partial charge in [-0.3, -0.25) is 10.1 Å². The maximum absolute atomic E-state index is 11.9. The molecule has 0 aromatic heterocycles. The minimum Gasteiger partial charge on any atom is -0.465 e. The summed E-state index contributed by atoms with van der Waals surface area (Å²) in [5, 5.41) is 11.3. The molecule has 22 heavy (non-hydrogen) atoms. The normalized spacial score (nSPS) is 13.4. The Labute approximate surface area is 124 Å². The van der Waals surface area contributed by atoms with Crippen molar-refractivity contribution in [1.29, 1.82) is 0 Å². The number of carbonyl (C=O) groups excluding carboxylic acids is 2. The second-order valence-corrected chi connectivity index (χ2v) is 4.22. The molecule has 9 nitrogen and oxygen atoms in total. The zero-order valence-corrected chi connectivity index (χ0v) is 11.9. The van der Waals surface area contributed by atoms with Crippen LogP contribution < -0.4 is 9.47 Å². The van der Waals surface area contributed by atoms with Crippen LogP contribution in [0.25, 0.3) is 0 Å². The van der Waals surface area contributed by atoms with E-state index in [-0.39, 0.29) is 36.0 Å². The van der Waals surface area contributed by atoms with Gasteiger partial charge in [0.2, 0.25) is 6.79 Å². The molecule has 1 aliphatic heterocycles. The van der Waals surface area contributed by atoms with E-state index < -0.39 is 22.9 Å². The fourth-order valence-electron chi connectivity index (χ4n) is 2.02. The lowest BCUT2D eigenvalue weighted by Gasteiger charge is -2.13. The average Bonchev–Trinajstić information content (AvgIpc) is 2.93. The fourth-order valence-corrected chi connectivity index (χ4v) is 2.02. The highest BCUT2D eigenvalue weighted by Gasteiger charge is 2.39. The Morgan fingerprint density at radius 3 is 2.55 bits per heavy atom. The number of nitrogens with zero attached hydrogens (tertiary/aromatic N) is 1. The number of hydrogen-bond donors (Lipinski definition) is 0. The van der Waals surface area contributed by atoms with Gasteiger partial charge in [0.05, 0.1) is 24.8 Å². The highest BCUT2D eigenvalue weighted by molar-refractivity contribution is 5.94. The van der Waals surface area contributed by atoms with Gasteiger partial charge >= 0.3 is 18.0 Å². The lowest BCUT2D eigenvalue weighted by atomic mass is 9.99. The average molecular weight is 311 g/mol. The predicted molar refractivity (Wildman–Crippen MR) is 70.3 cm³/mol. The summed E-state index contributed by atoms with van der Waals surface area (Å²) in [6.45, 7) is 1.42. The highest BCUT2D eigenvalue weighted by Crippen LogP contribution is 2.38. The SMILES string of the molecule is CCOC(=O)C(c1cc2c(cc1C(=O)OC)OCO2)[N+](=O)[O-]. The van der Waals surface area contributed by atoms with Crippen LogP contribution in [-0.2, 0) is 14.3 Å². The van der Waals surface area contributed by atoms with Crippen molar-refractivity contribution in [2.45, 2.75) is 13.0 Å². The molecule has 0 amide bonds. The van der Waals surface area contributed by atoms with Crippen LogP contribution in [0.15, 0.2) is 12.1 Å². The van der Waals surface area contributed by atoms with E-state index in [1.54, 1.807) is 0 Å². The monoisotopic (exact) mass is 311 g/mol. The molecule has 1 atom stereocenters. The van der Waals surface area contributed by atoms with Crippen molar-refractivity contribution in [2.75, 3.05) is 20.5 Å². The quantitative estimate of drug-likeness (QED) is 0.451. The number of rotatable bonds is 5. The maximum atomic E-state index is 11.9. The summed E-state index contributed by atoms with van der Waals surface area (Å²) < 4.78 is 19.5. The lowest BCUT2D eigenvalue weighted by Crippen LogP contribution is -2.25. The second kappa shape index (κ2) is 6.29. The Balaban J connectivity index is 2.57. The molecule has 0 bridgehead atoms. The number of ether oxygens (including phenoxy) is 4. The Morgan fingerprint density at radius 2 is 2.00 bits per heavy atom. The van der Waals surface area contributed by atoms with Gasteiger partial charge in [0.1, 0.15) is 0 Å². The van der Waals surface area contributed by atoms with Gasteiger partial charge in [-0.15, -0.1) is 0 Å². The summed E-state index contributed by atoms with van der Waals surface area (Å²) in [5.74, 6) is -1.45. The molecule has 118 valence electrons. The third kappa shape index (κ3) is 2.78. The molecule has 0 radical (unpaired) electrons. The number of esters is 2. The van der Waals surface area contributed by atoms with Gasteiger partial charge in [-0.25, -0.2) is 9.59 Å². The molecule has 0 saturated carbocycles. The van der Waals surface area contributed by atoms with Crippen LogP contribution in [0, 0.1) is 10.1 Å². The van der Waals surface area contributed by atoms with Crippen molar-refractivity contribution < 1.29 is 33.5 Å². The van der Waals surface area contributed by atoms with E-state index in [2.05, 4.69) is 4.74 Å². The van der Waals surface area contributed by atoms with Crippen molar-refractivity contribution in [2.24, 2.45) is 0 Å². The molecule has 1 aliphatic rings. The minimum absolute atomic E-state index is 0.0265. The van der Waals surface area contributed by atoms with E-state index in [1.807, 2.05) is 0 Å². The molecule has 0 spiro atoms. The Kier molecular flexibility index (Phi) is 4.44. The number of methoxy groups -OCH3 is 1. The molecule has 1 unspecified atom stereocenters. The summed E-state index contributed by atoms with van der Waals surface area (Å²) in [5.41, 5.74) is -0.318. The van der Waals surface area contributed by atoms with Gasteiger partial charge in [0, 0.05) is 4.92 Å². The zero-order valence-electron chi connectivity index (χ0n) is 11.9. The van der Waals surface area contributed by atoms with Gasteiger partial charge in [0.15, 0.2) is 11.5 Å². The first-order chi connectivity index (χ1) is 10.5. The molecule has 1 aromatic carbocycles. The number of fused-ring (bicyclic) bond motifs is 1. The van der Waals surface area contributed by atoms with Gasteiger partial charge in [-0.2, -0.15) is 0 Å². The molecule has 1 aromatic rings. The topological polar surface area (TPSA) is 114 Å². The van der Waals surface area contributed by atoms with Gasteiger partial charge < -0.3 is 18.9 Å². The van der Waals surface area contributed by atoms with E-state index in [4.69, 9.17) is 14.2 Å². The van der Waals surface area contributed by atoms with Crippen molar-refractivity contribution >= 4 is 11.9 Å². The van der Waals surface area contributed by atoms with Crippen molar-refractivity contribution in [1.82, 2.24) is 0 Å². The van der Waals surface area contributed by atoms with E-state index in [9.17, 15) is 19.7 Å². The molecular formula is C13H13NO8. The number of benzene rings is 1. The molecule has 9 heteroatoms. The van der Waals surface area contributed by atoms with Crippen molar-refractivity contribution in [3.63, 3.8) is 0 Å². The van der Waals surface area contributed by atoms with E-state index in [0.29, 0.717) is 0 Å². The van der Waals surface area contributed by atoms with Gasteiger partial charge in [-0.1, -0.05) is 0 Å². The highest BCUT2D eigenvalue weighted by atomic mass is 16.7. The summed E-state index contributed by atoms with van der Waals surface area (Å²) >= 11 is 0. The first kappa shape index (κ1) is 15.5. The first-order valence-corrected chi connectivity index (χ1v) is 6.31. The van der Waals surface area contributed by atoms with Crippen LogP contribution in [-0.4, -0.2) is 37.4 Å². The summed E-state index contributed by atoms with van der Waals surface area (Å²) in [7, 11) is 1.13. The van der Waals surface area contributed by atoms with Crippen LogP contribution >= 0.6 is 0 Å². The lowest BCUT2D eigenvalue weighted by molar-refractivity contribution is -0.516. The molecular weight excluding hydrogens is 298 g/mol. The van der Waals surface area contributed by atoms with Crippen LogP contribution in [0.4, 0.5) is 0 Å². The summed E-state index contributed by atoms with van der Waals surface area (Å²) in [4.78, 5) is 34.1. The van der Waals surface area contributed by atoms with Crippen molar-refractivity contribution in [3.8, 4) is 11.5 Å². The van der Waals surface area contributed by atoms with Gasteiger partial charge in [-0.05, 0) is 19.1 Å². The summed E-state index contributed by atoms with van der Waals surface area (Å²) in [6.07, 6.45) is 0. The number of nitro groups is 1. The Bertz CT molecular complexity index is 627. The van der Waals surface area contributed by atoms with Gasteiger partial charge in [0.25, 0.3) is 0 Å². The minimum atomic E-state index is -1.86. The first-order valence-electron chi connectivity index (χ1n) is 6.31. The van der Waals surface area contributed by atoms with Crippen molar-refractivity contribution in [3.05, 3.63) is 33.4 Å². The fraction of sp³-hybridized carbons (Fsp3) is 0.385. The predicted octanol–water partition coefficient (Wildman–Crippen LogP) is 1.08. The second-order valence-electron chi connectivity index (χ2n) is 4.22. The molecule has 1 heterocycles. The largest absolute Gasteiger partial charge is 0.465 e. The molecule has 0 saturated heterocycles.